The molecule has 32 heavy (non-hydrogen) atoms. The topological polar surface area (TPSA) is 63.2 Å². The molecule has 0 radical (unpaired) electrons. The van der Waals surface area contributed by atoms with Crippen LogP contribution in [0.4, 0.5) is 24.8 Å². The third-order valence-electron chi connectivity index (χ3n) is 5.57. The summed E-state index contributed by atoms with van der Waals surface area (Å²) in [5.74, 6) is -2.68. The smallest absolute Gasteiger partial charge is 0.270 e. The van der Waals surface area contributed by atoms with E-state index in [1.807, 2.05) is 4.90 Å². The van der Waals surface area contributed by atoms with Crippen LogP contribution in [0.1, 0.15) is 42.5 Å². The second-order valence-electron chi connectivity index (χ2n) is 7.78. The molecule has 4 rings (SSSR count). The molecule has 1 atom stereocenters. The number of rotatable bonds is 7. The zero-order valence-electron chi connectivity index (χ0n) is 17.9. The summed E-state index contributed by atoms with van der Waals surface area (Å²) in [4.78, 5) is 14.2. The van der Waals surface area contributed by atoms with Gasteiger partial charge in [0.15, 0.2) is 11.6 Å². The average molecular weight is 443 g/mol. The Bertz CT molecular complexity index is 1070. The SMILES string of the molecule is COc1cc(CNc2ncnc(N3CCCC3c3ccc(C(C)(F)F)cc3)c2F)ccn1. The molecule has 6 nitrogen and oxygen atoms in total. The van der Waals surface area contributed by atoms with Crippen molar-refractivity contribution in [1.29, 1.82) is 0 Å². The molecule has 0 saturated carbocycles. The van der Waals surface area contributed by atoms with Gasteiger partial charge < -0.3 is 15.0 Å². The number of aromatic nitrogens is 3. The number of benzene rings is 1. The summed E-state index contributed by atoms with van der Waals surface area (Å²) < 4.78 is 47.5. The van der Waals surface area contributed by atoms with E-state index < -0.39 is 11.7 Å². The highest BCUT2D eigenvalue weighted by atomic mass is 19.3. The maximum atomic E-state index is 15.3. The molecule has 2 aromatic heterocycles. The molecular weight excluding hydrogens is 419 g/mol. The van der Waals surface area contributed by atoms with Gasteiger partial charge in [-0.15, -0.1) is 0 Å². The molecule has 9 heteroatoms. The van der Waals surface area contributed by atoms with Gasteiger partial charge in [0, 0.05) is 37.8 Å². The second-order valence-corrected chi connectivity index (χ2v) is 7.78. The van der Waals surface area contributed by atoms with E-state index in [1.165, 1.54) is 25.6 Å². The standard InChI is InChI=1S/C23H24F3N5O/c1-23(25,26)17-7-5-16(6-8-17)18-4-3-11-31(18)22-20(24)21(29-14-30-22)28-13-15-9-10-27-19(12-15)32-2/h5-10,12,14,18H,3-4,11,13H2,1-2H3,(H,28,29,30). The Morgan fingerprint density at radius 1 is 1.16 bits per heavy atom. The quantitative estimate of drug-likeness (QED) is 0.549. The molecule has 1 unspecified atom stereocenters. The summed E-state index contributed by atoms with van der Waals surface area (Å²) >= 11 is 0. The van der Waals surface area contributed by atoms with Crippen molar-refractivity contribution in [2.75, 3.05) is 23.9 Å². The Labute approximate surface area is 184 Å². The van der Waals surface area contributed by atoms with Crippen LogP contribution in [0.2, 0.25) is 0 Å². The third kappa shape index (κ3) is 4.61. The number of alkyl halides is 2. The highest BCUT2D eigenvalue weighted by molar-refractivity contribution is 5.53. The number of hydrogen-bond acceptors (Lipinski definition) is 6. The molecule has 1 aliphatic heterocycles. The number of ether oxygens (including phenoxy) is 1. The van der Waals surface area contributed by atoms with Crippen molar-refractivity contribution in [3.8, 4) is 5.88 Å². The molecular formula is C23H24F3N5O. The number of hydrogen-bond donors (Lipinski definition) is 1. The molecule has 0 bridgehead atoms. The van der Waals surface area contributed by atoms with E-state index in [9.17, 15) is 8.78 Å². The molecule has 0 aliphatic carbocycles. The zero-order chi connectivity index (χ0) is 22.7. The van der Waals surface area contributed by atoms with Crippen molar-refractivity contribution in [3.63, 3.8) is 0 Å². The third-order valence-corrected chi connectivity index (χ3v) is 5.57. The molecule has 1 N–H and O–H groups in total. The van der Waals surface area contributed by atoms with Gasteiger partial charge in [-0.2, -0.15) is 4.39 Å². The van der Waals surface area contributed by atoms with Crippen LogP contribution in [0.25, 0.3) is 0 Å². The molecule has 0 spiro atoms. The van der Waals surface area contributed by atoms with Gasteiger partial charge in [0.2, 0.25) is 11.7 Å². The maximum Gasteiger partial charge on any atom is 0.270 e. The highest BCUT2D eigenvalue weighted by Crippen LogP contribution is 2.38. The highest BCUT2D eigenvalue weighted by Gasteiger charge is 2.31. The summed E-state index contributed by atoms with van der Waals surface area (Å²) in [6, 6.07) is 9.64. The molecule has 168 valence electrons. The van der Waals surface area contributed by atoms with Crippen molar-refractivity contribution < 1.29 is 17.9 Å². The minimum absolute atomic E-state index is 0.0433. The summed E-state index contributed by atoms with van der Waals surface area (Å²) in [5, 5.41) is 3.00. The first kappa shape index (κ1) is 21.9. The zero-order valence-corrected chi connectivity index (χ0v) is 17.9. The maximum absolute atomic E-state index is 15.3. The molecule has 3 aromatic rings. The van der Waals surface area contributed by atoms with Gasteiger partial charge in [0.25, 0.3) is 5.92 Å². The lowest BCUT2D eigenvalue weighted by Crippen LogP contribution is -2.25. The number of halogens is 3. The van der Waals surface area contributed by atoms with Crippen LogP contribution in [0.5, 0.6) is 5.88 Å². The van der Waals surface area contributed by atoms with Crippen LogP contribution in [-0.4, -0.2) is 28.6 Å². The van der Waals surface area contributed by atoms with Crippen LogP contribution >= 0.6 is 0 Å². The Morgan fingerprint density at radius 3 is 2.66 bits per heavy atom. The summed E-state index contributed by atoms with van der Waals surface area (Å²) in [7, 11) is 1.53. The molecule has 1 aromatic carbocycles. The van der Waals surface area contributed by atoms with Gasteiger partial charge in [-0.25, -0.2) is 23.7 Å². The van der Waals surface area contributed by atoms with Gasteiger partial charge in [-0.1, -0.05) is 24.3 Å². The predicted octanol–water partition coefficient (Wildman–Crippen LogP) is 5.08. The number of nitrogens with one attached hydrogen (secondary N) is 1. The first-order chi connectivity index (χ1) is 15.4. The lowest BCUT2D eigenvalue weighted by molar-refractivity contribution is 0.0174. The molecule has 0 amide bonds. The normalized spacial score (nSPS) is 16.3. The Balaban J connectivity index is 1.54. The summed E-state index contributed by atoms with van der Waals surface area (Å²) in [5.41, 5.74) is 1.67. The Hall–Kier alpha value is -3.36. The summed E-state index contributed by atoms with van der Waals surface area (Å²) in [6.45, 7) is 1.82. The van der Waals surface area contributed by atoms with E-state index in [0.29, 0.717) is 19.0 Å². The van der Waals surface area contributed by atoms with Crippen molar-refractivity contribution in [2.24, 2.45) is 0 Å². The fourth-order valence-electron chi connectivity index (χ4n) is 3.91. The van der Waals surface area contributed by atoms with Gasteiger partial charge >= 0.3 is 0 Å². The second kappa shape index (κ2) is 9.02. The van der Waals surface area contributed by atoms with Crippen molar-refractivity contribution in [1.82, 2.24) is 15.0 Å². The lowest BCUT2D eigenvalue weighted by atomic mass is 10.0. The van der Waals surface area contributed by atoms with E-state index in [-0.39, 0.29) is 23.2 Å². The first-order valence-electron chi connectivity index (χ1n) is 10.3. The Kier molecular flexibility index (Phi) is 6.16. The van der Waals surface area contributed by atoms with E-state index >= 15 is 4.39 Å². The van der Waals surface area contributed by atoms with Gasteiger partial charge in [-0.05, 0) is 30.0 Å². The molecule has 1 saturated heterocycles. The van der Waals surface area contributed by atoms with Crippen LogP contribution in [-0.2, 0) is 12.5 Å². The Morgan fingerprint density at radius 2 is 1.94 bits per heavy atom. The van der Waals surface area contributed by atoms with E-state index in [2.05, 4.69) is 20.3 Å². The van der Waals surface area contributed by atoms with Crippen molar-refractivity contribution in [2.45, 2.75) is 38.3 Å². The number of nitrogens with zero attached hydrogens (tertiary/aromatic N) is 4. The molecule has 1 aliphatic rings. The van der Waals surface area contributed by atoms with E-state index in [0.717, 1.165) is 30.9 Å². The fraction of sp³-hybridized carbons (Fsp3) is 0.348. The van der Waals surface area contributed by atoms with Crippen LogP contribution in [0, 0.1) is 5.82 Å². The minimum atomic E-state index is -2.90. The minimum Gasteiger partial charge on any atom is -0.481 e. The van der Waals surface area contributed by atoms with Crippen molar-refractivity contribution >= 4 is 11.6 Å². The van der Waals surface area contributed by atoms with Gasteiger partial charge in [-0.3, -0.25) is 0 Å². The number of anilines is 2. The van der Waals surface area contributed by atoms with Gasteiger partial charge in [0.1, 0.15) is 6.33 Å². The van der Waals surface area contributed by atoms with Crippen LogP contribution < -0.4 is 15.0 Å². The number of pyridine rings is 1. The van der Waals surface area contributed by atoms with E-state index in [1.54, 1.807) is 30.5 Å². The first-order valence-corrected chi connectivity index (χ1v) is 10.3. The van der Waals surface area contributed by atoms with E-state index in [4.69, 9.17) is 4.74 Å². The van der Waals surface area contributed by atoms with Crippen LogP contribution in [0.3, 0.4) is 0 Å². The number of methoxy groups -OCH3 is 1. The predicted molar refractivity (Wildman–Crippen MR) is 115 cm³/mol. The lowest BCUT2D eigenvalue weighted by Gasteiger charge is -2.27. The van der Waals surface area contributed by atoms with Crippen molar-refractivity contribution in [3.05, 3.63) is 71.4 Å². The average Bonchev–Trinajstić information content (AvgIpc) is 3.28. The fourth-order valence-corrected chi connectivity index (χ4v) is 3.91. The largest absolute Gasteiger partial charge is 0.481 e. The molecule has 3 heterocycles. The van der Waals surface area contributed by atoms with Crippen LogP contribution in [0.15, 0.2) is 48.9 Å². The summed E-state index contributed by atoms with van der Waals surface area (Å²) in [6.07, 6.45) is 4.57. The molecule has 1 fully saturated rings. The van der Waals surface area contributed by atoms with Gasteiger partial charge in [0.05, 0.1) is 13.2 Å². The monoisotopic (exact) mass is 443 g/mol.